The van der Waals surface area contributed by atoms with E-state index in [0.29, 0.717) is 12.8 Å². The van der Waals surface area contributed by atoms with E-state index in [-0.39, 0.29) is 0 Å². The number of hydrogen-bond acceptors (Lipinski definition) is 4. The van der Waals surface area contributed by atoms with Crippen molar-refractivity contribution in [2.45, 2.75) is 52.0 Å². The molecule has 0 saturated heterocycles. The van der Waals surface area contributed by atoms with Gasteiger partial charge < -0.3 is 20.1 Å². The lowest BCUT2D eigenvalue weighted by molar-refractivity contribution is -0.145. The van der Waals surface area contributed by atoms with Crippen LogP contribution in [0.15, 0.2) is 0 Å². The van der Waals surface area contributed by atoms with E-state index < -0.39 is 11.5 Å². The van der Waals surface area contributed by atoms with Crippen molar-refractivity contribution in [2.24, 2.45) is 0 Å². The second kappa shape index (κ2) is 11.1. The monoisotopic (exact) mass is 288 g/mol. The molecule has 1 unspecified atom stereocenters. The van der Waals surface area contributed by atoms with Crippen LogP contribution in [-0.2, 0) is 9.53 Å². The summed E-state index contributed by atoms with van der Waals surface area (Å²) in [6.07, 6.45) is 3.12. The molecule has 5 nitrogen and oxygen atoms in total. The summed E-state index contributed by atoms with van der Waals surface area (Å²) in [5.74, 6) is -0.728. The van der Waals surface area contributed by atoms with Crippen molar-refractivity contribution in [2.75, 3.05) is 39.9 Å². The van der Waals surface area contributed by atoms with E-state index >= 15 is 0 Å². The van der Waals surface area contributed by atoms with Crippen LogP contribution in [0.4, 0.5) is 0 Å². The van der Waals surface area contributed by atoms with Gasteiger partial charge in [-0.1, -0.05) is 20.8 Å². The lowest BCUT2D eigenvalue weighted by atomic mass is 9.90. The molecule has 0 fully saturated rings. The molecule has 120 valence electrons. The molecular formula is C15H32N2O3. The van der Waals surface area contributed by atoms with E-state index in [4.69, 9.17) is 4.74 Å². The maximum absolute atomic E-state index is 11.6. The standard InChI is InChI=1S/C15H32N2O3/c1-5-10-16-15(6-2,14(18)19)9-8-11-17(7-3)12-13-20-4/h16H,5-13H2,1-4H3,(H,18,19). The van der Waals surface area contributed by atoms with Gasteiger partial charge in [0.2, 0.25) is 0 Å². The molecule has 0 aliphatic rings. The Labute approximate surface area is 123 Å². The van der Waals surface area contributed by atoms with E-state index in [1.54, 1.807) is 7.11 Å². The van der Waals surface area contributed by atoms with Crippen LogP contribution in [0.5, 0.6) is 0 Å². The SMILES string of the molecule is CCCNC(CC)(CCCN(CC)CCOC)C(=O)O. The molecule has 0 rings (SSSR count). The minimum atomic E-state index is -0.767. The van der Waals surface area contributed by atoms with Gasteiger partial charge in [-0.3, -0.25) is 4.79 Å². The van der Waals surface area contributed by atoms with E-state index in [2.05, 4.69) is 24.1 Å². The van der Waals surface area contributed by atoms with Crippen LogP contribution < -0.4 is 5.32 Å². The molecule has 0 aliphatic heterocycles. The summed E-state index contributed by atoms with van der Waals surface area (Å²) >= 11 is 0. The highest BCUT2D eigenvalue weighted by Crippen LogP contribution is 2.18. The first-order valence-corrected chi connectivity index (χ1v) is 7.76. The molecule has 0 spiro atoms. The van der Waals surface area contributed by atoms with E-state index in [9.17, 15) is 9.90 Å². The maximum atomic E-state index is 11.6. The Kier molecular flexibility index (Phi) is 10.7. The third kappa shape index (κ3) is 6.68. The molecule has 0 saturated carbocycles. The van der Waals surface area contributed by atoms with Crippen molar-refractivity contribution in [3.8, 4) is 0 Å². The molecule has 20 heavy (non-hydrogen) atoms. The molecular weight excluding hydrogens is 256 g/mol. The number of carbonyl (C=O) groups is 1. The zero-order chi connectivity index (χ0) is 15.4. The number of carboxylic acids is 1. The molecule has 1 atom stereocenters. The van der Waals surface area contributed by atoms with Gasteiger partial charge in [0.15, 0.2) is 0 Å². The first-order chi connectivity index (χ1) is 9.56. The van der Waals surface area contributed by atoms with Crippen LogP contribution in [0.1, 0.15) is 46.5 Å². The third-order valence-electron chi connectivity index (χ3n) is 3.86. The van der Waals surface area contributed by atoms with E-state index in [1.807, 2.05) is 6.92 Å². The molecule has 0 aliphatic carbocycles. The van der Waals surface area contributed by atoms with Gasteiger partial charge in [0.1, 0.15) is 5.54 Å². The minimum absolute atomic E-state index is 0.618. The summed E-state index contributed by atoms with van der Waals surface area (Å²) < 4.78 is 5.09. The number of methoxy groups -OCH3 is 1. The van der Waals surface area contributed by atoms with Crippen molar-refractivity contribution >= 4 is 5.97 Å². The smallest absolute Gasteiger partial charge is 0.323 e. The zero-order valence-electron chi connectivity index (χ0n) is 13.6. The van der Waals surface area contributed by atoms with Crippen LogP contribution >= 0.6 is 0 Å². The van der Waals surface area contributed by atoms with Crippen molar-refractivity contribution in [1.29, 1.82) is 0 Å². The first-order valence-electron chi connectivity index (χ1n) is 7.76. The number of nitrogens with one attached hydrogen (secondary N) is 1. The van der Waals surface area contributed by atoms with Crippen LogP contribution in [-0.4, -0.2) is 61.4 Å². The molecule has 0 heterocycles. The third-order valence-corrected chi connectivity index (χ3v) is 3.86. The lowest BCUT2D eigenvalue weighted by Crippen LogP contribution is -2.52. The summed E-state index contributed by atoms with van der Waals surface area (Å²) in [6.45, 7) is 10.4. The van der Waals surface area contributed by atoms with E-state index in [1.165, 1.54) is 0 Å². The summed E-state index contributed by atoms with van der Waals surface area (Å²) in [5, 5.41) is 12.7. The summed E-state index contributed by atoms with van der Waals surface area (Å²) in [4.78, 5) is 13.9. The minimum Gasteiger partial charge on any atom is -0.480 e. The molecule has 0 aromatic carbocycles. The fourth-order valence-corrected chi connectivity index (χ4v) is 2.34. The predicted molar refractivity (Wildman–Crippen MR) is 82.2 cm³/mol. The summed E-state index contributed by atoms with van der Waals surface area (Å²) in [6, 6.07) is 0. The second-order valence-electron chi connectivity index (χ2n) is 5.20. The Bertz CT molecular complexity index is 262. The largest absolute Gasteiger partial charge is 0.480 e. The Morgan fingerprint density at radius 3 is 2.45 bits per heavy atom. The van der Waals surface area contributed by atoms with Gasteiger partial charge in [0.25, 0.3) is 0 Å². The van der Waals surface area contributed by atoms with Crippen LogP contribution in [0.3, 0.4) is 0 Å². The maximum Gasteiger partial charge on any atom is 0.323 e. The molecule has 0 bridgehead atoms. The summed E-state index contributed by atoms with van der Waals surface area (Å²) in [7, 11) is 1.70. The predicted octanol–water partition coefficient (Wildman–Crippen LogP) is 1.97. The Morgan fingerprint density at radius 1 is 1.30 bits per heavy atom. The number of carboxylic acid groups (broad SMARTS) is 1. The quantitative estimate of drug-likeness (QED) is 0.542. The van der Waals surface area contributed by atoms with Crippen molar-refractivity contribution in [1.82, 2.24) is 10.2 Å². The molecule has 0 aromatic heterocycles. The van der Waals surface area contributed by atoms with Gasteiger partial charge >= 0.3 is 5.97 Å². The van der Waals surface area contributed by atoms with Gasteiger partial charge in [-0.15, -0.1) is 0 Å². The topological polar surface area (TPSA) is 61.8 Å². The van der Waals surface area contributed by atoms with E-state index in [0.717, 1.165) is 45.6 Å². The van der Waals surface area contributed by atoms with Crippen molar-refractivity contribution < 1.29 is 14.6 Å². The zero-order valence-corrected chi connectivity index (χ0v) is 13.6. The Hall–Kier alpha value is -0.650. The number of hydrogen-bond donors (Lipinski definition) is 2. The van der Waals surface area contributed by atoms with Gasteiger partial charge in [0, 0.05) is 13.7 Å². The van der Waals surface area contributed by atoms with Crippen molar-refractivity contribution in [3.05, 3.63) is 0 Å². The molecule has 0 aromatic rings. The van der Waals surface area contributed by atoms with Crippen molar-refractivity contribution in [3.63, 3.8) is 0 Å². The second-order valence-corrected chi connectivity index (χ2v) is 5.20. The van der Waals surface area contributed by atoms with Gasteiger partial charge in [-0.05, 0) is 45.3 Å². The molecule has 5 heteroatoms. The highest BCUT2D eigenvalue weighted by atomic mass is 16.5. The number of aliphatic carboxylic acids is 1. The van der Waals surface area contributed by atoms with Crippen LogP contribution in [0, 0.1) is 0 Å². The fourth-order valence-electron chi connectivity index (χ4n) is 2.34. The Morgan fingerprint density at radius 2 is 2.00 bits per heavy atom. The normalized spacial score (nSPS) is 14.4. The number of rotatable bonds is 13. The molecule has 0 amide bonds. The molecule has 2 N–H and O–H groups in total. The Balaban J connectivity index is 4.34. The number of likely N-dealkylation sites (N-methyl/N-ethyl adjacent to an activating group) is 1. The van der Waals surface area contributed by atoms with Gasteiger partial charge in [0.05, 0.1) is 6.61 Å². The molecule has 0 radical (unpaired) electrons. The first kappa shape index (κ1) is 19.4. The lowest BCUT2D eigenvalue weighted by Gasteiger charge is -2.30. The number of nitrogens with zero attached hydrogens (tertiary/aromatic N) is 1. The highest BCUT2D eigenvalue weighted by Gasteiger charge is 2.35. The van der Waals surface area contributed by atoms with Gasteiger partial charge in [-0.25, -0.2) is 0 Å². The van der Waals surface area contributed by atoms with Gasteiger partial charge in [-0.2, -0.15) is 0 Å². The number of ether oxygens (including phenoxy) is 1. The van der Waals surface area contributed by atoms with Crippen LogP contribution in [0.25, 0.3) is 0 Å². The fraction of sp³-hybridized carbons (Fsp3) is 0.933. The summed E-state index contributed by atoms with van der Waals surface area (Å²) in [5.41, 5.74) is -0.767. The highest BCUT2D eigenvalue weighted by molar-refractivity contribution is 5.78. The average Bonchev–Trinajstić information content (AvgIpc) is 2.45. The average molecular weight is 288 g/mol. The van der Waals surface area contributed by atoms with Crippen LogP contribution in [0.2, 0.25) is 0 Å².